The molecule has 1 aromatic carbocycles. The van der Waals surface area contributed by atoms with Crippen molar-refractivity contribution in [3.63, 3.8) is 0 Å². The van der Waals surface area contributed by atoms with Crippen LogP contribution in [0.5, 0.6) is 0 Å². The predicted molar refractivity (Wildman–Crippen MR) is 99.9 cm³/mol. The molecule has 136 valence electrons. The SMILES string of the molecule is O=C(c1cc2ccccc2[nH]1)N1CCn2ncc(CCCCCO)c2C1. The summed E-state index contributed by atoms with van der Waals surface area (Å²) >= 11 is 0. The number of hydrogen-bond donors (Lipinski definition) is 2. The standard InChI is InChI=1S/C20H24N4O2/c25-11-5-1-2-7-16-13-21-24-10-9-23(14-19(16)24)20(26)18-12-15-6-3-4-8-17(15)22-18/h3-4,6,8,12-13,22,25H,1-2,5,7,9-11,14H2. The molecule has 0 saturated carbocycles. The Morgan fingerprint density at radius 2 is 2.08 bits per heavy atom. The molecule has 1 aliphatic heterocycles. The van der Waals surface area contributed by atoms with E-state index in [4.69, 9.17) is 5.11 Å². The lowest BCUT2D eigenvalue weighted by molar-refractivity contribution is 0.0700. The van der Waals surface area contributed by atoms with Gasteiger partial charge in [0.1, 0.15) is 5.69 Å². The number of nitrogens with one attached hydrogen (secondary N) is 1. The maximum atomic E-state index is 12.9. The Hall–Kier alpha value is -2.60. The molecule has 0 spiro atoms. The van der Waals surface area contributed by atoms with Crippen LogP contribution in [0.15, 0.2) is 36.5 Å². The van der Waals surface area contributed by atoms with Crippen LogP contribution in [0.3, 0.4) is 0 Å². The highest BCUT2D eigenvalue weighted by atomic mass is 16.2. The van der Waals surface area contributed by atoms with Crippen molar-refractivity contribution in [3.8, 4) is 0 Å². The maximum absolute atomic E-state index is 12.9. The van der Waals surface area contributed by atoms with Crippen molar-refractivity contribution < 1.29 is 9.90 Å². The lowest BCUT2D eigenvalue weighted by Crippen LogP contribution is -2.38. The third-order valence-corrected chi connectivity index (χ3v) is 5.11. The highest BCUT2D eigenvalue weighted by Gasteiger charge is 2.25. The van der Waals surface area contributed by atoms with Gasteiger partial charge in [-0.25, -0.2) is 0 Å². The van der Waals surface area contributed by atoms with Gasteiger partial charge < -0.3 is 15.0 Å². The van der Waals surface area contributed by atoms with E-state index < -0.39 is 0 Å². The minimum Gasteiger partial charge on any atom is -0.396 e. The van der Waals surface area contributed by atoms with Crippen molar-refractivity contribution in [2.24, 2.45) is 0 Å². The van der Waals surface area contributed by atoms with E-state index in [2.05, 4.69) is 10.1 Å². The number of hydrogen-bond acceptors (Lipinski definition) is 3. The van der Waals surface area contributed by atoms with E-state index in [9.17, 15) is 4.79 Å². The quantitative estimate of drug-likeness (QED) is 0.670. The van der Waals surface area contributed by atoms with Crippen molar-refractivity contribution in [1.82, 2.24) is 19.7 Å². The second kappa shape index (κ2) is 7.33. The van der Waals surface area contributed by atoms with E-state index in [0.717, 1.165) is 48.8 Å². The highest BCUT2D eigenvalue weighted by Crippen LogP contribution is 2.22. The summed E-state index contributed by atoms with van der Waals surface area (Å²) in [4.78, 5) is 18.1. The fourth-order valence-electron chi connectivity index (χ4n) is 3.65. The number of aliphatic hydroxyl groups excluding tert-OH is 1. The van der Waals surface area contributed by atoms with Crippen LogP contribution < -0.4 is 0 Å². The zero-order chi connectivity index (χ0) is 17.9. The average Bonchev–Trinajstić information content (AvgIpc) is 3.28. The number of aromatic nitrogens is 3. The second-order valence-corrected chi connectivity index (χ2v) is 6.87. The van der Waals surface area contributed by atoms with E-state index in [1.807, 2.05) is 46.1 Å². The highest BCUT2D eigenvalue weighted by molar-refractivity contribution is 5.98. The molecule has 1 aliphatic rings. The van der Waals surface area contributed by atoms with Crippen LogP contribution in [0, 0.1) is 0 Å². The van der Waals surface area contributed by atoms with Crippen LogP contribution in [0.25, 0.3) is 10.9 Å². The Balaban J connectivity index is 1.48. The number of H-pyrrole nitrogens is 1. The normalized spacial score (nSPS) is 14.0. The van der Waals surface area contributed by atoms with Crippen LogP contribution >= 0.6 is 0 Å². The molecule has 0 bridgehead atoms. The molecule has 1 amide bonds. The predicted octanol–water partition coefficient (Wildman–Crippen LogP) is 2.73. The van der Waals surface area contributed by atoms with Crippen LogP contribution in [-0.2, 0) is 19.5 Å². The van der Waals surface area contributed by atoms with Gasteiger partial charge in [0, 0.05) is 24.1 Å². The van der Waals surface area contributed by atoms with E-state index in [0.29, 0.717) is 18.8 Å². The lowest BCUT2D eigenvalue weighted by atomic mass is 10.1. The molecular weight excluding hydrogens is 328 g/mol. The van der Waals surface area contributed by atoms with Gasteiger partial charge in [-0.15, -0.1) is 0 Å². The minimum absolute atomic E-state index is 0.0416. The van der Waals surface area contributed by atoms with Gasteiger partial charge in [0.25, 0.3) is 5.91 Å². The van der Waals surface area contributed by atoms with Gasteiger partial charge in [-0.3, -0.25) is 9.48 Å². The third kappa shape index (κ3) is 3.24. The molecule has 6 nitrogen and oxygen atoms in total. The lowest BCUT2D eigenvalue weighted by Gasteiger charge is -2.28. The molecule has 6 heteroatoms. The van der Waals surface area contributed by atoms with Crippen LogP contribution in [0.2, 0.25) is 0 Å². The first-order chi connectivity index (χ1) is 12.8. The number of benzene rings is 1. The number of rotatable bonds is 6. The summed E-state index contributed by atoms with van der Waals surface area (Å²) in [5.41, 5.74) is 3.99. The summed E-state index contributed by atoms with van der Waals surface area (Å²) in [7, 11) is 0. The number of carbonyl (C=O) groups is 1. The van der Waals surface area contributed by atoms with Gasteiger partial charge >= 0.3 is 0 Å². The first-order valence-electron chi connectivity index (χ1n) is 9.27. The van der Waals surface area contributed by atoms with Gasteiger partial charge in [0.15, 0.2) is 0 Å². The maximum Gasteiger partial charge on any atom is 0.270 e. The van der Waals surface area contributed by atoms with Gasteiger partial charge in [-0.05, 0) is 37.0 Å². The van der Waals surface area contributed by atoms with Crippen molar-refractivity contribution in [2.75, 3.05) is 13.2 Å². The molecule has 2 N–H and O–H groups in total. The molecule has 0 atom stereocenters. The van der Waals surface area contributed by atoms with Crippen molar-refractivity contribution in [1.29, 1.82) is 0 Å². The summed E-state index contributed by atoms with van der Waals surface area (Å²) < 4.78 is 2.02. The number of fused-ring (bicyclic) bond motifs is 2. The minimum atomic E-state index is 0.0416. The summed E-state index contributed by atoms with van der Waals surface area (Å²) in [6.45, 7) is 2.26. The summed E-state index contributed by atoms with van der Waals surface area (Å²) in [5, 5.41) is 14.4. The van der Waals surface area contributed by atoms with E-state index >= 15 is 0 Å². The van der Waals surface area contributed by atoms with Gasteiger partial charge in [0.2, 0.25) is 0 Å². The molecule has 3 aromatic rings. The van der Waals surface area contributed by atoms with Gasteiger partial charge in [0.05, 0.1) is 25.0 Å². The number of carbonyl (C=O) groups excluding carboxylic acids is 1. The molecule has 0 fully saturated rings. The van der Waals surface area contributed by atoms with Crippen molar-refractivity contribution in [2.45, 2.75) is 38.8 Å². The molecule has 26 heavy (non-hydrogen) atoms. The zero-order valence-corrected chi connectivity index (χ0v) is 14.8. The second-order valence-electron chi connectivity index (χ2n) is 6.87. The smallest absolute Gasteiger partial charge is 0.270 e. The Bertz CT molecular complexity index is 879. The molecular formula is C20H24N4O2. The Morgan fingerprint density at radius 3 is 2.92 bits per heavy atom. The van der Waals surface area contributed by atoms with Crippen molar-refractivity contribution in [3.05, 3.63) is 53.5 Å². The Morgan fingerprint density at radius 1 is 1.19 bits per heavy atom. The van der Waals surface area contributed by atoms with Crippen LogP contribution in [-0.4, -0.2) is 43.8 Å². The number of amides is 1. The monoisotopic (exact) mass is 352 g/mol. The number of nitrogens with zero attached hydrogens (tertiary/aromatic N) is 3. The number of aliphatic hydroxyl groups is 1. The first kappa shape index (κ1) is 16.8. The van der Waals surface area contributed by atoms with Gasteiger partial charge in [-0.1, -0.05) is 24.6 Å². The van der Waals surface area contributed by atoms with Crippen molar-refractivity contribution >= 4 is 16.8 Å². The first-order valence-corrected chi connectivity index (χ1v) is 9.27. The number of aryl methyl sites for hydroxylation is 1. The molecule has 3 heterocycles. The average molecular weight is 352 g/mol. The summed E-state index contributed by atoms with van der Waals surface area (Å²) in [6.07, 6.45) is 5.78. The molecule has 4 rings (SSSR count). The van der Waals surface area contributed by atoms with Crippen LogP contribution in [0.1, 0.15) is 41.0 Å². The number of aromatic amines is 1. The van der Waals surface area contributed by atoms with Crippen LogP contribution in [0.4, 0.5) is 0 Å². The molecule has 0 aliphatic carbocycles. The fourth-order valence-corrected chi connectivity index (χ4v) is 3.65. The molecule has 0 unspecified atom stereocenters. The van der Waals surface area contributed by atoms with E-state index in [1.165, 1.54) is 5.56 Å². The Kier molecular flexibility index (Phi) is 4.75. The zero-order valence-electron chi connectivity index (χ0n) is 14.8. The topological polar surface area (TPSA) is 74.2 Å². The molecule has 0 saturated heterocycles. The third-order valence-electron chi connectivity index (χ3n) is 5.11. The van der Waals surface area contributed by atoms with Gasteiger partial charge in [-0.2, -0.15) is 5.10 Å². The fraction of sp³-hybridized carbons (Fsp3) is 0.400. The molecule has 0 radical (unpaired) electrons. The largest absolute Gasteiger partial charge is 0.396 e. The van der Waals surface area contributed by atoms with E-state index in [1.54, 1.807) is 0 Å². The number of unbranched alkanes of at least 4 members (excludes halogenated alkanes) is 2. The summed E-state index contributed by atoms with van der Waals surface area (Å²) in [6, 6.07) is 9.88. The molecule has 2 aromatic heterocycles. The number of para-hydroxylation sites is 1. The Labute approximate surface area is 152 Å². The summed E-state index contributed by atoms with van der Waals surface area (Å²) in [5.74, 6) is 0.0416. The van der Waals surface area contributed by atoms with E-state index in [-0.39, 0.29) is 12.5 Å².